The van der Waals surface area contributed by atoms with Gasteiger partial charge in [-0.3, -0.25) is 9.59 Å². The molecule has 0 N–H and O–H groups in total. The zero-order chi connectivity index (χ0) is 17.7. The molecule has 0 fully saturated rings. The molecule has 0 saturated heterocycles. The van der Waals surface area contributed by atoms with Gasteiger partial charge in [-0.1, -0.05) is 19.4 Å². The molecule has 0 radical (unpaired) electrons. The van der Waals surface area contributed by atoms with Crippen LogP contribution in [0.3, 0.4) is 0 Å². The fourth-order valence-electron chi connectivity index (χ4n) is 2.67. The SMILES string of the molecule is CCC[C@@H](C(C)=O)N1CC(Oc2cccc(OCC)c2F)=CC1=O. The van der Waals surface area contributed by atoms with Crippen LogP contribution in [-0.2, 0) is 9.59 Å². The molecule has 1 heterocycles. The van der Waals surface area contributed by atoms with Crippen molar-refractivity contribution in [2.24, 2.45) is 0 Å². The highest BCUT2D eigenvalue weighted by Crippen LogP contribution is 2.29. The number of benzene rings is 1. The molecular formula is C18H22FNO4. The summed E-state index contributed by atoms with van der Waals surface area (Å²) in [5.74, 6) is -0.553. The molecule has 1 atom stereocenters. The van der Waals surface area contributed by atoms with Gasteiger partial charge in [0.05, 0.1) is 19.2 Å². The first-order chi connectivity index (χ1) is 11.5. The third-order valence-corrected chi connectivity index (χ3v) is 3.77. The summed E-state index contributed by atoms with van der Waals surface area (Å²) in [6, 6.07) is 4.13. The minimum Gasteiger partial charge on any atom is -0.491 e. The number of carbonyl (C=O) groups excluding carboxylic acids is 2. The van der Waals surface area contributed by atoms with E-state index in [2.05, 4.69) is 0 Å². The highest BCUT2D eigenvalue weighted by molar-refractivity contribution is 5.95. The molecule has 6 heteroatoms. The maximum absolute atomic E-state index is 14.3. The van der Waals surface area contributed by atoms with E-state index in [0.29, 0.717) is 18.8 Å². The van der Waals surface area contributed by atoms with Crippen molar-refractivity contribution in [1.29, 1.82) is 0 Å². The highest BCUT2D eigenvalue weighted by atomic mass is 19.1. The Hall–Kier alpha value is -2.37. The average Bonchev–Trinajstić information content (AvgIpc) is 2.89. The van der Waals surface area contributed by atoms with Crippen LogP contribution in [0.4, 0.5) is 4.39 Å². The Balaban J connectivity index is 2.13. The molecule has 0 unspecified atom stereocenters. The van der Waals surface area contributed by atoms with E-state index in [-0.39, 0.29) is 29.7 Å². The Morgan fingerprint density at radius 2 is 2.04 bits per heavy atom. The van der Waals surface area contributed by atoms with Crippen molar-refractivity contribution in [3.05, 3.63) is 35.9 Å². The highest BCUT2D eigenvalue weighted by Gasteiger charge is 2.32. The monoisotopic (exact) mass is 335 g/mol. The predicted octanol–water partition coefficient (Wildman–Crippen LogP) is 3.09. The number of ketones is 1. The number of hydrogen-bond acceptors (Lipinski definition) is 4. The van der Waals surface area contributed by atoms with E-state index >= 15 is 0 Å². The summed E-state index contributed by atoms with van der Waals surface area (Å²) in [5, 5.41) is 0. The molecule has 0 aliphatic carbocycles. The summed E-state index contributed by atoms with van der Waals surface area (Å²) in [6.45, 7) is 5.68. The van der Waals surface area contributed by atoms with E-state index in [0.717, 1.165) is 6.42 Å². The lowest BCUT2D eigenvalue weighted by atomic mass is 10.1. The molecule has 1 aliphatic rings. The van der Waals surface area contributed by atoms with Gasteiger partial charge >= 0.3 is 0 Å². The fraction of sp³-hybridized carbons (Fsp3) is 0.444. The van der Waals surface area contributed by atoms with E-state index in [1.54, 1.807) is 13.0 Å². The molecule has 1 amide bonds. The number of ether oxygens (including phenoxy) is 2. The standard InChI is InChI=1S/C18H22FNO4/c1-4-7-14(12(3)21)20-11-13(10-17(20)22)24-16-9-6-8-15(18(16)19)23-5-2/h6,8-10,14H,4-5,7,11H2,1-3H3/t14-/m0/s1. The van der Waals surface area contributed by atoms with Crippen molar-refractivity contribution in [3.8, 4) is 11.5 Å². The number of halogens is 1. The van der Waals surface area contributed by atoms with Gasteiger partial charge in [-0.25, -0.2) is 0 Å². The quantitative estimate of drug-likeness (QED) is 0.732. The third-order valence-electron chi connectivity index (χ3n) is 3.77. The summed E-state index contributed by atoms with van der Waals surface area (Å²) in [4.78, 5) is 25.4. The number of carbonyl (C=O) groups is 2. The van der Waals surface area contributed by atoms with Crippen LogP contribution in [-0.4, -0.2) is 35.8 Å². The lowest BCUT2D eigenvalue weighted by molar-refractivity contribution is -0.134. The minimum absolute atomic E-state index is 0.00304. The van der Waals surface area contributed by atoms with Crippen LogP contribution in [0.25, 0.3) is 0 Å². The first-order valence-electron chi connectivity index (χ1n) is 8.08. The molecule has 0 bridgehead atoms. The van der Waals surface area contributed by atoms with Crippen molar-refractivity contribution in [2.45, 2.75) is 39.7 Å². The normalized spacial score (nSPS) is 15.2. The fourth-order valence-corrected chi connectivity index (χ4v) is 2.67. The Bertz CT molecular complexity index is 656. The maximum atomic E-state index is 14.3. The summed E-state index contributed by atoms with van der Waals surface area (Å²) in [5.41, 5.74) is 0. The molecule has 130 valence electrons. The number of nitrogens with zero attached hydrogens (tertiary/aromatic N) is 1. The van der Waals surface area contributed by atoms with Crippen molar-refractivity contribution in [2.75, 3.05) is 13.2 Å². The minimum atomic E-state index is -0.608. The van der Waals surface area contributed by atoms with Gasteiger partial charge in [0.1, 0.15) is 5.76 Å². The second-order valence-corrected chi connectivity index (χ2v) is 5.60. The van der Waals surface area contributed by atoms with Crippen LogP contribution < -0.4 is 9.47 Å². The number of hydrogen-bond donors (Lipinski definition) is 0. The number of amides is 1. The maximum Gasteiger partial charge on any atom is 0.251 e. The summed E-state index contributed by atoms with van der Waals surface area (Å²) < 4.78 is 25.0. The molecule has 0 saturated carbocycles. The van der Waals surface area contributed by atoms with Crippen LogP contribution in [0, 0.1) is 5.82 Å². The Morgan fingerprint density at radius 1 is 1.33 bits per heavy atom. The van der Waals surface area contributed by atoms with Crippen molar-refractivity contribution >= 4 is 11.7 Å². The van der Waals surface area contributed by atoms with E-state index < -0.39 is 11.9 Å². The van der Waals surface area contributed by atoms with E-state index in [9.17, 15) is 14.0 Å². The summed E-state index contributed by atoms with van der Waals surface area (Å²) in [6.07, 6.45) is 2.68. The topological polar surface area (TPSA) is 55.8 Å². The van der Waals surface area contributed by atoms with E-state index in [4.69, 9.17) is 9.47 Å². The van der Waals surface area contributed by atoms with E-state index in [1.807, 2.05) is 6.92 Å². The van der Waals surface area contributed by atoms with Gasteiger partial charge in [0.15, 0.2) is 17.3 Å². The first kappa shape index (κ1) is 18.0. The predicted molar refractivity (Wildman–Crippen MR) is 87.4 cm³/mol. The zero-order valence-corrected chi connectivity index (χ0v) is 14.2. The number of Topliss-reactive ketones (excluding diaryl/α,β-unsaturated/α-hetero) is 1. The molecule has 1 aliphatic heterocycles. The Kier molecular flexibility index (Phi) is 5.95. The smallest absolute Gasteiger partial charge is 0.251 e. The molecule has 0 spiro atoms. The lowest BCUT2D eigenvalue weighted by Crippen LogP contribution is -2.41. The van der Waals surface area contributed by atoms with Crippen molar-refractivity contribution < 1.29 is 23.5 Å². The van der Waals surface area contributed by atoms with Gasteiger partial charge in [-0.15, -0.1) is 0 Å². The molecule has 2 rings (SSSR count). The van der Waals surface area contributed by atoms with Gasteiger partial charge in [0.25, 0.3) is 5.91 Å². The van der Waals surface area contributed by atoms with Crippen LogP contribution >= 0.6 is 0 Å². The summed E-state index contributed by atoms with van der Waals surface area (Å²) >= 11 is 0. The Morgan fingerprint density at radius 3 is 2.67 bits per heavy atom. The molecule has 1 aromatic rings. The lowest BCUT2D eigenvalue weighted by Gasteiger charge is -2.25. The molecular weight excluding hydrogens is 313 g/mol. The zero-order valence-electron chi connectivity index (χ0n) is 14.2. The van der Waals surface area contributed by atoms with Gasteiger partial charge in [-0.05, 0) is 32.4 Å². The van der Waals surface area contributed by atoms with Crippen LogP contribution in [0.1, 0.15) is 33.6 Å². The molecule has 0 aromatic heterocycles. The average molecular weight is 335 g/mol. The molecule has 5 nitrogen and oxygen atoms in total. The van der Waals surface area contributed by atoms with Crippen LogP contribution in [0.2, 0.25) is 0 Å². The summed E-state index contributed by atoms with van der Waals surface area (Å²) in [7, 11) is 0. The second kappa shape index (κ2) is 7.95. The largest absolute Gasteiger partial charge is 0.491 e. The molecule has 1 aromatic carbocycles. The van der Waals surface area contributed by atoms with Gasteiger partial charge in [0, 0.05) is 6.08 Å². The van der Waals surface area contributed by atoms with Crippen molar-refractivity contribution in [1.82, 2.24) is 4.90 Å². The number of rotatable bonds is 8. The van der Waals surface area contributed by atoms with Crippen molar-refractivity contribution in [3.63, 3.8) is 0 Å². The van der Waals surface area contributed by atoms with Gasteiger partial charge < -0.3 is 14.4 Å². The van der Waals surface area contributed by atoms with Crippen LogP contribution in [0.5, 0.6) is 11.5 Å². The Labute approximate surface area is 141 Å². The first-order valence-corrected chi connectivity index (χ1v) is 8.08. The molecule has 24 heavy (non-hydrogen) atoms. The van der Waals surface area contributed by atoms with E-state index in [1.165, 1.54) is 30.0 Å². The van der Waals surface area contributed by atoms with Gasteiger partial charge in [0.2, 0.25) is 5.82 Å². The van der Waals surface area contributed by atoms with Crippen LogP contribution in [0.15, 0.2) is 30.0 Å². The second-order valence-electron chi connectivity index (χ2n) is 5.60. The third kappa shape index (κ3) is 3.93. The van der Waals surface area contributed by atoms with Gasteiger partial charge in [-0.2, -0.15) is 4.39 Å².